The molecule has 178 valence electrons. The number of carbonyl (C=O) groups excluding carboxylic acids is 1. The smallest absolute Gasteiger partial charge is 0.274 e. The summed E-state index contributed by atoms with van der Waals surface area (Å²) >= 11 is 3.49. The Morgan fingerprint density at radius 2 is 1.69 bits per heavy atom. The van der Waals surface area contributed by atoms with Gasteiger partial charge in [-0.1, -0.05) is 46.3 Å². The summed E-state index contributed by atoms with van der Waals surface area (Å²) in [6.07, 6.45) is 5.17. The van der Waals surface area contributed by atoms with Gasteiger partial charge in [-0.05, 0) is 84.5 Å². The van der Waals surface area contributed by atoms with Gasteiger partial charge in [0.25, 0.3) is 5.91 Å². The minimum absolute atomic E-state index is 0.0992. The lowest BCUT2D eigenvalue weighted by molar-refractivity contribution is 0.0680. The molecule has 1 fully saturated rings. The summed E-state index contributed by atoms with van der Waals surface area (Å²) in [6.45, 7) is 0. The van der Waals surface area contributed by atoms with Crippen LogP contribution in [0.4, 0.5) is 0 Å². The summed E-state index contributed by atoms with van der Waals surface area (Å²) < 4.78 is 11.5. The largest absolute Gasteiger partial charge is 0.497 e. The van der Waals surface area contributed by atoms with E-state index in [0.29, 0.717) is 5.56 Å². The molecule has 0 N–H and O–H groups in total. The molecule has 0 radical (unpaired) electrons. The van der Waals surface area contributed by atoms with E-state index in [1.54, 1.807) is 19.2 Å². The summed E-state index contributed by atoms with van der Waals surface area (Å²) in [6, 6.07) is 23.4. The Kier molecular flexibility index (Phi) is 6.73. The predicted octanol–water partition coefficient (Wildman–Crippen LogP) is 6.90. The van der Waals surface area contributed by atoms with Crippen LogP contribution in [0.1, 0.15) is 46.8 Å². The van der Waals surface area contributed by atoms with Crippen LogP contribution in [0.3, 0.4) is 0 Å². The summed E-state index contributed by atoms with van der Waals surface area (Å²) in [5.41, 5.74) is 4.97. The molecule has 3 aromatic rings. The second-order valence-corrected chi connectivity index (χ2v) is 9.72. The first-order valence-electron chi connectivity index (χ1n) is 11.7. The zero-order chi connectivity index (χ0) is 24.4. The third-order valence-electron chi connectivity index (χ3n) is 6.70. The van der Waals surface area contributed by atoms with E-state index < -0.39 is 0 Å². The van der Waals surface area contributed by atoms with Gasteiger partial charge < -0.3 is 9.47 Å². The number of hydrogen-bond donors (Lipinski definition) is 0. The Hall–Kier alpha value is -3.38. The van der Waals surface area contributed by atoms with Crippen LogP contribution < -0.4 is 9.47 Å². The van der Waals surface area contributed by atoms with E-state index in [4.69, 9.17) is 14.6 Å². The highest BCUT2D eigenvalue weighted by Crippen LogP contribution is 2.45. The molecule has 1 aliphatic carbocycles. The van der Waals surface area contributed by atoms with Crippen LogP contribution in [-0.2, 0) is 0 Å². The molecule has 3 aromatic carbocycles. The highest BCUT2D eigenvalue weighted by atomic mass is 79.9. The first kappa shape index (κ1) is 23.4. The SMILES string of the molecule is COc1ccc(/C=C2\CCC[C@@H]3C2=NN(C(=O)c2cccc(Br)c2)[C@H]3c2ccc(OC)cc2)cc1. The fourth-order valence-electron chi connectivity index (χ4n) is 4.96. The topological polar surface area (TPSA) is 51.1 Å². The minimum atomic E-state index is -0.165. The Balaban J connectivity index is 1.56. The number of nitrogens with zero attached hydrogens (tertiary/aromatic N) is 2. The molecule has 0 spiro atoms. The van der Waals surface area contributed by atoms with Crippen molar-refractivity contribution >= 4 is 33.6 Å². The Morgan fingerprint density at radius 3 is 2.34 bits per heavy atom. The van der Waals surface area contributed by atoms with Gasteiger partial charge in [0.2, 0.25) is 0 Å². The molecule has 1 heterocycles. The van der Waals surface area contributed by atoms with Crippen molar-refractivity contribution in [3.05, 3.63) is 99.5 Å². The minimum Gasteiger partial charge on any atom is -0.497 e. The number of allylic oxidation sites excluding steroid dienone is 1. The van der Waals surface area contributed by atoms with Crippen molar-refractivity contribution in [2.24, 2.45) is 11.0 Å². The van der Waals surface area contributed by atoms with Crippen LogP contribution in [0.2, 0.25) is 0 Å². The summed E-state index contributed by atoms with van der Waals surface area (Å²) in [4.78, 5) is 13.7. The zero-order valence-corrected chi connectivity index (χ0v) is 21.4. The van der Waals surface area contributed by atoms with E-state index in [1.165, 1.54) is 5.57 Å². The molecule has 0 bridgehead atoms. The predicted molar refractivity (Wildman–Crippen MR) is 142 cm³/mol. The number of halogens is 1. The number of amides is 1. The van der Waals surface area contributed by atoms with Crippen molar-refractivity contribution in [2.45, 2.75) is 25.3 Å². The van der Waals surface area contributed by atoms with Crippen molar-refractivity contribution in [2.75, 3.05) is 14.2 Å². The third kappa shape index (κ3) is 4.76. The number of hydrazone groups is 1. The van der Waals surface area contributed by atoms with Crippen LogP contribution in [0.25, 0.3) is 6.08 Å². The summed E-state index contributed by atoms with van der Waals surface area (Å²) in [7, 11) is 3.33. The van der Waals surface area contributed by atoms with Gasteiger partial charge in [-0.15, -0.1) is 0 Å². The molecule has 1 amide bonds. The lowest BCUT2D eigenvalue weighted by Crippen LogP contribution is -2.31. The lowest BCUT2D eigenvalue weighted by Gasteiger charge is -2.29. The fourth-order valence-corrected chi connectivity index (χ4v) is 5.36. The average Bonchev–Trinajstić information content (AvgIpc) is 3.29. The molecule has 35 heavy (non-hydrogen) atoms. The molecule has 5 rings (SSSR count). The normalized spacial score (nSPS) is 20.4. The van der Waals surface area contributed by atoms with Crippen molar-refractivity contribution < 1.29 is 14.3 Å². The number of rotatable bonds is 5. The van der Waals surface area contributed by atoms with Crippen LogP contribution in [0.5, 0.6) is 11.5 Å². The maximum Gasteiger partial charge on any atom is 0.274 e. The van der Waals surface area contributed by atoms with Crippen molar-refractivity contribution in [1.29, 1.82) is 0 Å². The van der Waals surface area contributed by atoms with Crippen molar-refractivity contribution in [3.8, 4) is 11.5 Å². The fraction of sp³-hybridized carbons (Fsp3) is 0.241. The van der Waals surface area contributed by atoms with Crippen LogP contribution in [0, 0.1) is 5.92 Å². The van der Waals surface area contributed by atoms with Gasteiger partial charge in [-0.25, -0.2) is 5.01 Å². The molecule has 1 aliphatic heterocycles. The molecule has 6 heteroatoms. The number of hydrogen-bond acceptors (Lipinski definition) is 4. The molecule has 0 saturated heterocycles. The van der Waals surface area contributed by atoms with E-state index in [-0.39, 0.29) is 17.9 Å². The highest BCUT2D eigenvalue weighted by molar-refractivity contribution is 9.10. The maximum atomic E-state index is 13.7. The molecule has 5 nitrogen and oxygen atoms in total. The molecular formula is C29H27BrN2O3. The highest BCUT2D eigenvalue weighted by Gasteiger charge is 2.44. The number of methoxy groups -OCH3 is 2. The Labute approximate surface area is 214 Å². The van der Waals surface area contributed by atoms with Crippen molar-refractivity contribution in [3.63, 3.8) is 0 Å². The number of carbonyl (C=O) groups is 1. The first-order valence-corrected chi connectivity index (χ1v) is 12.5. The van der Waals surface area contributed by atoms with Gasteiger partial charge >= 0.3 is 0 Å². The van der Waals surface area contributed by atoms with E-state index >= 15 is 0 Å². The monoisotopic (exact) mass is 530 g/mol. The second kappa shape index (κ2) is 10.1. The third-order valence-corrected chi connectivity index (χ3v) is 7.19. The Bertz CT molecular complexity index is 1280. The van der Waals surface area contributed by atoms with Gasteiger partial charge in [0.1, 0.15) is 11.5 Å². The molecule has 0 unspecified atom stereocenters. The first-order chi connectivity index (χ1) is 17.1. The van der Waals surface area contributed by atoms with E-state index in [0.717, 1.165) is 52.1 Å². The van der Waals surface area contributed by atoms with Crippen LogP contribution in [0.15, 0.2) is 87.9 Å². The Morgan fingerprint density at radius 1 is 1.00 bits per heavy atom. The van der Waals surface area contributed by atoms with Gasteiger partial charge in [0.05, 0.1) is 26.0 Å². The van der Waals surface area contributed by atoms with Gasteiger partial charge in [0.15, 0.2) is 0 Å². The van der Waals surface area contributed by atoms with E-state index in [2.05, 4.69) is 34.1 Å². The second-order valence-electron chi connectivity index (χ2n) is 8.80. The zero-order valence-electron chi connectivity index (χ0n) is 19.8. The summed E-state index contributed by atoms with van der Waals surface area (Å²) in [5.74, 6) is 1.66. The lowest BCUT2D eigenvalue weighted by atomic mass is 9.77. The van der Waals surface area contributed by atoms with Crippen LogP contribution >= 0.6 is 15.9 Å². The molecule has 0 aromatic heterocycles. The molecular weight excluding hydrogens is 504 g/mol. The quantitative estimate of drug-likeness (QED) is 0.360. The van der Waals surface area contributed by atoms with Gasteiger partial charge in [-0.2, -0.15) is 5.10 Å². The van der Waals surface area contributed by atoms with Gasteiger partial charge in [0, 0.05) is 16.0 Å². The van der Waals surface area contributed by atoms with E-state index in [1.807, 2.05) is 60.7 Å². The molecule has 1 saturated carbocycles. The van der Waals surface area contributed by atoms with Gasteiger partial charge in [-0.3, -0.25) is 4.79 Å². The average molecular weight is 531 g/mol. The van der Waals surface area contributed by atoms with Crippen molar-refractivity contribution in [1.82, 2.24) is 5.01 Å². The van der Waals surface area contributed by atoms with Crippen LogP contribution in [-0.4, -0.2) is 30.8 Å². The number of benzene rings is 3. The number of ether oxygens (including phenoxy) is 2. The number of fused-ring (bicyclic) bond motifs is 1. The summed E-state index contributed by atoms with van der Waals surface area (Å²) in [5, 5.41) is 6.68. The maximum absolute atomic E-state index is 13.7. The standard InChI is InChI=1S/C29H27BrN2O3/c1-34-24-13-9-19(10-14-24)17-21-5-4-8-26-27(21)31-32(29(33)22-6-3-7-23(30)18-22)28(26)20-11-15-25(35-2)16-12-20/h3,6-7,9-18,26,28H,4-5,8H2,1-2H3/b21-17+/t26-,28+/m1/s1. The molecule has 2 aliphatic rings. The molecule has 2 atom stereocenters. The van der Waals surface area contributed by atoms with E-state index in [9.17, 15) is 4.79 Å².